The van der Waals surface area contributed by atoms with Crippen LogP contribution in [0.3, 0.4) is 0 Å². The minimum absolute atomic E-state index is 0.119. The van der Waals surface area contributed by atoms with E-state index >= 15 is 0 Å². The standard InChI is InChI=1S/C14H22BrFN2S/c1-10(6-7-19-3)18(2)14(9-17)11-4-5-13(16)12(15)8-11/h4-5,8,10,14H,6-7,9,17H2,1-3H3. The molecule has 1 aromatic rings. The molecule has 0 saturated heterocycles. The van der Waals surface area contributed by atoms with Crippen molar-refractivity contribution in [2.24, 2.45) is 5.73 Å². The zero-order valence-corrected chi connectivity index (χ0v) is 14.1. The Balaban J connectivity index is 2.83. The van der Waals surface area contributed by atoms with E-state index in [0.717, 1.165) is 17.7 Å². The molecule has 2 atom stereocenters. The fourth-order valence-corrected chi connectivity index (χ4v) is 3.03. The highest BCUT2D eigenvalue weighted by molar-refractivity contribution is 9.10. The van der Waals surface area contributed by atoms with Crippen LogP contribution in [0.15, 0.2) is 22.7 Å². The second-order valence-electron chi connectivity index (χ2n) is 4.72. The zero-order valence-electron chi connectivity index (χ0n) is 11.7. The van der Waals surface area contributed by atoms with E-state index in [1.807, 2.05) is 23.9 Å². The first-order valence-corrected chi connectivity index (χ1v) is 8.55. The molecule has 0 fully saturated rings. The van der Waals surface area contributed by atoms with E-state index in [0.29, 0.717) is 17.1 Å². The van der Waals surface area contributed by atoms with E-state index in [1.165, 1.54) is 6.07 Å². The minimum Gasteiger partial charge on any atom is -0.329 e. The average Bonchev–Trinajstić information content (AvgIpc) is 2.40. The smallest absolute Gasteiger partial charge is 0.137 e. The highest BCUT2D eigenvalue weighted by Gasteiger charge is 2.20. The van der Waals surface area contributed by atoms with Crippen LogP contribution in [0.5, 0.6) is 0 Å². The number of rotatable bonds is 7. The number of benzene rings is 1. The summed E-state index contributed by atoms with van der Waals surface area (Å²) in [6.45, 7) is 2.73. The van der Waals surface area contributed by atoms with E-state index in [1.54, 1.807) is 0 Å². The maximum Gasteiger partial charge on any atom is 0.137 e. The van der Waals surface area contributed by atoms with Crippen molar-refractivity contribution in [2.45, 2.75) is 25.4 Å². The van der Waals surface area contributed by atoms with Gasteiger partial charge in [0, 0.05) is 18.6 Å². The van der Waals surface area contributed by atoms with Crippen LogP contribution in [0, 0.1) is 5.82 Å². The van der Waals surface area contributed by atoms with Crippen molar-refractivity contribution >= 4 is 27.7 Å². The molecule has 0 aliphatic carbocycles. The molecule has 19 heavy (non-hydrogen) atoms. The molecule has 108 valence electrons. The van der Waals surface area contributed by atoms with Gasteiger partial charge in [0.05, 0.1) is 4.47 Å². The summed E-state index contributed by atoms with van der Waals surface area (Å²) in [5.41, 5.74) is 6.95. The molecular formula is C14H22BrFN2S. The van der Waals surface area contributed by atoms with Crippen LogP contribution < -0.4 is 5.73 Å². The van der Waals surface area contributed by atoms with Gasteiger partial charge in [0.25, 0.3) is 0 Å². The van der Waals surface area contributed by atoms with Crippen molar-refractivity contribution in [1.29, 1.82) is 0 Å². The van der Waals surface area contributed by atoms with Crippen LogP contribution in [0.4, 0.5) is 4.39 Å². The third-order valence-corrected chi connectivity index (χ3v) is 4.73. The fraction of sp³-hybridized carbons (Fsp3) is 0.571. The van der Waals surface area contributed by atoms with Crippen molar-refractivity contribution in [3.63, 3.8) is 0 Å². The molecule has 0 spiro atoms. The lowest BCUT2D eigenvalue weighted by Crippen LogP contribution is -2.37. The summed E-state index contributed by atoms with van der Waals surface area (Å²) >= 11 is 5.09. The molecule has 2 unspecified atom stereocenters. The maximum absolute atomic E-state index is 13.3. The topological polar surface area (TPSA) is 29.3 Å². The molecule has 5 heteroatoms. The van der Waals surface area contributed by atoms with Crippen LogP contribution in [-0.2, 0) is 0 Å². The van der Waals surface area contributed by atoms with Crippen molar-refractivity contribution in [2.75, 3.05) is 25.6 Å². The van der Waals surface area contributed by atoms with Crippen LogP contribution in [-0.4, -0.2) is 36.5 Å². The van der Waals surface area contributed by atoms with Gasteiger partial charge in [0.2, 0.25) is 0 Å². The Hall–Kier alpha value is -0.100. The van der Waals surface area contributed by atoms with Crippen molar-refractivity contribution in [1.82, 2.24) is 4.90 Å². The SMILES string of the molecule is CSCCC(C)N(C)C(CN)c1ccc(F)c(Br)c1. The molecule has 0 aromatic heterocycles. The average molecular weight is 349 g/mol. The van der Waals surface area contributed by atoms with Crippen LogP contribution in [0.1, 0.15) is 24.9 Å². The molecule has 0 bridgehead atoms. The Labute approximate surface area is 128 Å². The number of hydrogen-bond acceptors (Lipinski definition) is 3. The van der Waals surface area contributed by atoms with Crippen LogP contribution >= 0.6 is 27.7 Å². The summed E-state index contributed by atoms with van der Waals surface area (Å²) in [4.78, 5) is 2.27. The maximum atomic E-state index is 13.3. The summed E-state index contributed by atoms with van der Waals surface area (Å²) in [7, 11) is 2.08. The molecule has 0 saturated carbocycles. The second kappa shape index (κ2) is 8.25. The van der Waals surface area contributed by atoms with Crippen LogP contribution in [0.25, 0.3) is 0 Å². The van der Waals surface area contributed by atoms with E-state index in [4.69, 9.17) is 5.73 Å². The number of nitrogens with two attached hydrogens (primary N) is 1. The molecule has 0 radical (unpaired) electrons. The predicted octanol–water partition coefficient (Wildman–Crippen LogP) is 3.66. The summed E-state index contributed by atoms with van der Waals surface area (Å²) in [6, 6.07) is 5.70. The molecule has 0 amide bonds. The Kier molecular flexibility index (Phi) is 7.36. The van der Waals surface area contributed by atoms with Gasteiger partial charge in [-0.3, -0.25) is 4.90 Å². The summed E-state index contributed by atoms with van der Waals surface area (Å²) in [5.74, 6) is 0.897. The molecule has 0 aliphatic rings. The van der Waals surface area contributed by atoms with Gasteiger partial charge < -0.3 is 5.73 Å². The van der Waals surface area contributed by atoms with Gasteiger partial charge in [-0.1, -0.05) is 6.07 Å². The largest absolute Gasteiger partial charge is 0.329 e. The van der Waals surface area contributed by atoms with E-state index < -0.39 is 0 Å². The van der Waals surface area contributed by atoms with Gasteiger partial charge in [-0.05, 0) is 66.0 Å². The molecule has 1 rings (SSSR count). The zero-order chi connectivity index (χ0) is 14.4. The lowest BCUT2D eigenvalue weighted by atomic mass is 10.0. The Morgan fingerprint density at radius 1 is 1.47 bits per heavy atom. The van der Waals surface area contributed by atoms with E-state index in [2.05, 4.69) is 41.1 Å². The first-order valence-electron chi connectivity index (χ1n) is 6.37. The summed E-state index contributed by atoms with van der Waals surface area (Å²) < 4.78 is 13.8. The number of likely N-dealkylation sites (N-methyl/N-ethyl adjacent to an activating group) is 1. The van der Waals surface area contributed by atoms with Crippen molar-refractivity contribution < 1.29 is 4.39 Å². The third-order valence-electron chi connectivity index (χ3n) is 3.48. The number of hydrogen-bond donors (Lipinski definition) is 1. The van der Waals surface area contributed by atoms with Gasteiger partial charge >= 0.3 is 0 Å². The van der Waals surface area contributed by atoms with Gasteiger partial charge in [-0.25, -0.2) is 4.39 Å². The minimum atomic E-state index is -0.238. The van der Waals surface area contributed by atoms with Gasteiger partial charge in [-0.2, -0.15) is 11.8 Å². The van der Waals surface area contributed by atoms with Gasteiger partial charge in [0.15, 0.2) is 0 Å². The molecular weight excluding hydrogens is 327 g/mol. The van der Waals surface area contributed by atoms with Gasteiger partial charge in [-0.15, -0.1) is 0 Å². The molecule has 2 nitrogen and oxygen atoms in total. The number of nitrogens with zero attached hydrogens (tertiary/aromatic N) is 1. The lowest BCUT2D eigenvalue weighted by Gasteiger charge is -2.33. The quantitative estimate of drug-likeness (QED) is 0.815. The Morgan fingerprint density at radius 2 is 2.16 bits per heavy atom. The lowest BCUT2D eigenvalue weighted by molar-refractivity contribution is 0.185. The highest BCUT2D eigenvalue weighted by Crippen LogP contribution is 2.26. The molecule has 2 N–H and O–H groups in total. The number of thioether (sulfide) groups is 1. The predicted molar refractivity (Wildman–Crippen MR) is 86.1 cm³/mol. The van der Waals surface area contributed by atoms with Crippen molar-refractivity contribution in [3.8, 4) is 0 Å². The second-order valence-corrected chi connectivity index (χ2v) is 6.56. The Morgan fingerprint density at radius 3 is 2.68 bits per heavy atom. The fourth-order valence-electron chi connectivity index (χ4n) is 2.06. The normalized spacial score (nSPS) is 14.7. The monoisotopic (exact) mass is 348 g/mol. The van der Waals surface area contributed by atoms with Crippen molar-refractivity contribution in [3.05, 3.63) is 34.1 Å². The summed E-state index contributed by atoms with van der Waals surface area (Å²) in [6.07, 6.45) is 3.24. The third kappa shape index (κ3) is 4.74. The molecule has 1 aromatic carbocycles. The van der Waals surface area contributed by atoms with Gasteiger partial charge in [0.1, 0.15) is 5.82 Å². The molecule has 0 aliphatic heterocycles. The van der Waals surface area contributed by atoms with E-state index in [9.17, 15) is 4.39 Å². The first-order chi connectivity index (χ1) is 9.01. The highest BCUT2D eigenvalue weighted by atomic mass is 79.9. The van der Waals surface area contributed by atoms with Crippen LogP contribution in [0.2, 0.25) is 0 Å². The summed E-state index contributed by atoms with van der Waals surface area (Å²) in [5, 5.41) is 0. The Bertz CT molecular complexity index is 403. The molecule has 0 heterocycles. The van der Waals surface area contributed by atoms with E-state index in [-0.39, 0.29) is 11.9 Å². The number of halogens is 2. The first kappa shape index (κ1) is 17.0.